The first kappa shape index (κ1) is 26.4. The van der Waals surface area contributed by atoms with Crippen molar-refractivity contribution >= 4 is 65.2 Å². The number of benzene rings is 4. The van der Waals surface area contributed by atoms with Crippen LogP contribution in [0.2, 0.25) is 0 Å². The third-order valence-electron chi connectivity index (χ3n) is 6.54. The van der Waals surface area contributed by atoms with Crippen LogP contribution in [-0.4, -0.2) is 30.5 Å². The van der Waals surface area contributed by atoms with E-state index in [9.17, 15) is 18.3 Å². The predicted octanol–water partition coefficient (Wildman–Crippen LogP) is 7.11. The topological polar surface area (TPSA) is 110 Å². The number of sulfonamides is 1. The molecule has 0 bridgehead atoms. The van der Waals surface area contributed by atoms with E-state index < -0.39 is 22.0 Å². The Labute approximate surface area is 242 Å². The Kier molecular flexibility index (Phi) is 7.01. The molecule has 2 aromatic heterocycles. The van der Waals surface area contributed by atoms with Gasteiger partial charge in [0.05, 0.1) is 19.9 Å². The molecule has 1 atom stereocenters. The van der Waals surface area contributed by atoms with Crippen LogP contribution in [0.4, 0.5) is 0 Å². The molecule has 0 spiro atoms. The summed E-state index contributed by atoms with van der Waals surface area (Å²) in [5.74, 6) is -1.25. The monoisotopic (exact) mass is 632 g/mol. The number of para-hydroxylation sites is 2. The van der Waals surface area contributed by atoms with Crippen LogP contribution >= 0.6 is 27.3 Å². The van der Waals surface area contributed by atoms with Crippen molar-refractivity contribution in [3.8, 4) is 21.8 Å². The highest BCUT2D eigenvalue weighted by Gasteiger charge is 2.26. The summed E-state index contributed by atoms with van der Waals surface area (Å²) in [5.41, 5.74) is 4.52. The molecule has 0 saturated heterocycles. The average Bonchev–Trinajstić information content (AvgIpc) is 3.53. The maximum absolute atomic E-state index is 13.0. The van der Waals surface area contributed by atoms with Crippen LogP contribution in [0.3, 0.4) is 0 Å². The molecule has 0 amide bonds. The number of halogens is 1. The molecule has 10 heteroatoms. The summed E-state index contributed by atoms with van der Waals surface area (Å²) in [6.07, 6.45) is 0.0278. The Morgan fingerprint density at radius 3 is 2.38 bits per heavy atom. The molecule has 4 aromatic carbocycles. The lowest BCUT2D eigenvalue weighted by atomic mass is 10.1. The zero-order valence-electron chi connectivity index (χ0n) is 20.7. The Bertz CT molecular complexity index is 1970. The number of hydrogen-bond donors (Lipinski definition) is 2. The van der Waals surface area contributed by atoms with E-state index in [-0.39, 0.29) is 11.3 Å². The molecule has 0 aliphatic rings. The van der Waals surface area contributed by atoms with Crippen LogP contribution in [0.5, 0.6) is 0 Å². The van der Waals surface area contributed by atoms with Gasteiger partial charge in [0.15, 0.2) is 0 Å². The molecule has 0 unspecified atom stereocenters. The van der Waals surface area contributed by atoms with Gasteiger partial charge < -0.3 is 9.52 Å². The van der Waals surface area contributed by atoms with E-state index in [2.05, 4.69) is 20.7 Å². The van der Waals surface area contributed by atoms with Crippen molar-refractivity contribution in [1.82, 2.24) is 9.71 Å². The zero-order chi connectivity index (χ0) is 27.9. The molecule has 0 saturated carbocycles. The normalized spacial score (nSPS) is 12.6. The second-order valence-electron chi connectivity index (χ2n) is 9.15. The molecule has 2 N–H and O–H groups in total. The van der Waals surface area contributed by atoms with Gasteiger partial charge in [0.2, 0.25) is 10.0 Å². The summed E-state index contributed by atoms with van der Waals surface area (Å²) in [6.45, 7) is 0. The van der Waals surface area contributed by atoms with Crippen molar-refractivity contribution in [2.24, 2.45) is 0 Å². The van der Waals surface area contributed by atoms with Gasteiger partial charge in [-0.1, -0.05) is 72.8 Å². The van der Waals surface area contributed by atoms with E-state index in [0.29, 0.717) is 11.3 Å². The molecule has 0 aliphatic carbocycles. The number of aliphatic carboxylic acids is 1. The molecular weight excluding hydrogens is 612 g/mol. The minimum Gasteiger partial charge on any atom is -0.480 e. The molecule has 7 nitrogen and oxygen atoms in total. The third-order valence-corrected chi connectivity index (χ3v) is 9.76. The fourth-order valence-electron chi connectivity index (χ4n) is 4.59. The number of carboxylic acids is 1. The van der Waals surface area contributed by atoms with Crippen LogP contribution < -0.4 is 4.72 Å². The number of fused-ring (bicyclic) bond motifs is 3. The van der Waals surface area contributed by atoms with Gasteiger partial charge in [-0.25, -0.2) is 13.4 Å². The van der Waals surface area contributed by atoms with E-state index in [1.807, 2.05) is 48.5 Å². The van der Waals surface area contributed by atoms with Crippen LogP contribution in [-0.2, 0) is 21.2 Å². The Morgan fingerprint density at radius 2 is 1.62 bits per heavy atom. The Balaban J connectivity index is 1.28. The van der Waals surface area contributed by atoms with Gasteiger partial charge in [-0.3, -0.25) is 4.79 Å². The van der Waals surface area contributed by atoms with Crippen LogP contribution in [0.25, 0.3) is 43.8 Å². The standard InChI is InChI=1S/C30H21BrN2O5S2/c31-28-26(32-29(39-28)23-11-6-10-22-21-9-4-5-12-25(21)38-27(22)23)19-13-15-20(16-14-19)40(36,37)33-24(30(34)35)17-18-7-2-1-3-8-18/h1-16,24,33H,17H2,(H,34,35)/t24-/m0/s1. The van der Waals surface area contributed by atoms with Crippen molar-refractivity contribution in [3.63, 3.8) is 0 Å². The van der Waals surface area contributed by atoms with Crippen molar-refractivity contribution in [2.45, 2.75) is 17.4 Å². The van der Waals surface area contributed by atoms with Gasteiger partial charge in [0.25, 0.3) is 0 Å². The number of furan rings is 1. The number of carboxylic acid groups (broad SMARTS) is 1. The molecule has 0 radical (unpaired) electrons. The molecule has 0 aliphatic heterocycles. The number of nitrogens with one attached hydrogen (secondary N) is 1. The number of nitrogens with zero attached hydrogens (tertiary/aromatic N) is 1. The summed E-state index contributed by atoms with van der Waals surface area (Å²) in [4.78, 5) is 16.6. The van der Waals surface area contributed by atoms with E-state index in [1.54, 1.807) is 36.4 Å². The zero-order valence-corrected chi connectivity index (χ0v) is 24.0. The largest absolute Gasteiger partial charge is 0.480 e. The summed E-state index contributed by atoms with van der Waals surface area (Å²) < 4.78 is 35.3. The first-order chi connectivity index (χ1) is 19.3. The molecule has 6 rings (SSSR count). The fourth-order valence-corrected chi connectivity index (χ4v) is 7.39. The lowest BCUT2D eigenvalue weighted by Crippen LogP contribution is -2.42. The highest BCUT2D eigenvalue weighted by molar-refractivity contribution is 9.11. The van der Waals surface area contributed by atoms with Crippen molar-refractivity contribution < 1.29 is 22.7 Å². The van der Waals surface area contributed by atoms with Crippen molar-refractivity contribution in [2.75, 3.05) is 0 Å². The second-order valence-corrected chi connectivity index (χ2v) is 13.2. The number of carbonyl (C=O) groups is 1. The highest BCUT2D eigenvalue weighted by Crippen LogP contribution is 2.42. The summed E-state index contributed by atoms with van der Waals surface area (Å²) in [6, 6.07) is 27.6. The van der Waals surface area contributed by atoms with E-state index in [1.165, 1.54) is 23.5 Å². The van der Waals surface area contributed by atoms with Gasteiger partial charge in [-0.05, 0) is 52.2 Å². The number of aromatic nitrogens is 1. The molecular formula is C30H21BrN2O5S2. The predicted molar refractivity (Wildman–Crippen MR) is 160 cm³/mol. The van der Waals surface area contributed by atoms with E-state index in [0.717, 1.165) is 41.9 Å². The minimum absolute atomic E-state index is 0.0278. The second kappa shape index (κ2) is 10.6. The lowest BCUT2D eigenvalue weighted by Gasteiger charge is -2.15. The Morgan fingerprint density at radius 1 is 0.925 bits per heavy atom. The van der Waals surface area contributed by atoms with Crippen molar-refractivity contribution in [3.05, 3.63) is 106 Å². The smallest absolute Gasteiger partial charge is 0.322 e. The number of rotatable bonds is 8. The molecule has 2 heterocycles. The molecule has 40 heavy (non-hydrogen) atoms. The molecule has 200 valence electrons. The maximum Gasteiger partial charge on any atom is 0.322 e. The number of hydrogen-bond acceptors (Lipinski definition) is 6. The summed E-state index contributed by atoms with van der Waals surface area (Å²) in [7, 11) is -4.08. The quantitative estimate of drug-likeness (QED) is 0.185. The van der Waals surface area contributed by atoms with Crippen LogP contribution in [0.1, 0.15) is 5.56 Å². The summed E-state index contributed by atoms with van der Waals surface area (Å²) >= 11 is 5.08. The molecule has 0 fully saturated rings. The van der Waals surface area contributed by atoms with Gasteiger partial charge in [0, 0.05) is 16.3 Å². The lowest BCUT2D eigenvalue weighted by molar-refractivity contribution is -0.138. The minimum atomic E-state index is -4.08. The number of thiazole rings is 1. The van der Waals surface area contributed by atoms with Crippen molar-refractivity contribution in [1.29, 1.82) is 0 Å². The molecule has 6 aromatic rings. The highest BCUT2D eigenvalue weighted by atomic mass is 79.9. The first-order valence-corrected chi connectivity index (χ1v) is 15.4. The van der Waals surface area contributed by atoms with E-state index in [4.69, 9.17) is 9.40 Å². The average molecular weight is 634 g/mol. The van der Waals surface area contributed by atoms with Gasteiger partial charge >= 0.3 is 5.97 Å². The van der Waals surface area contributed by atoms with Gasteiger partial charge in [-0.15, -0.1) is 11.3 Å². The van der Waals surface area contributed by atoms with Gasteiger partial charge in [-0.2, -0.15) is 4.72 Å². The van der Waals surface area contributed by atoms with E-state index >= 15 is 0 Å². The maximum atomic E-state index is 13.0. The third kappa shape index (κ3) is 5.06. The Hall–Kier alpha value is -3.83. The van der Waals surface area contributed by atoms with Crippen LogP contribution in [0.15, 0.2) is 110 Å². The summed E-state index contributed by atoms with van der Waals surface area (Å²) in [5, 5.41) is 12.4. The van der Waals surface area contributed by atoms with Gasteiger partial charge in [0.1, 0.15) is 22.2 Å². The first-order valence-electron chi connectivity index (χ1n) is 12.3. The fraction of sp³-hybridized carbons (Fsp3) is 0.0667. The SMILES string of the molecule is O=C(O)[C@H](Cc1ccccc1)NS(=O)(=O)c1ccc(-c2nc(-c3cccc4c3oc3ccccc34)sc2Br)cc1. The van der Waals surface area contributed by atoms with Crippen LogP contribution in [0, 0.1) is 0 Å².